The van der Waals surface area contributed by atoms with Crippen LogP contribution in [0.25, 0.3) is 10.8 Å². The van der Waals surface area contributed by atoms with E-state index in [1.54, 1.807) is 0 Å². The second-order valence-electron chi connectivity index (χ2n) is 11.8. The Balaban J connectivity index is 1.16. The first-order valence-electron chi connectivity index (χ1n) is 13.8. The number of nitrogens with zero attached hydrogens (tertiary/aromatic N) is 3. The second-order valence-corrected chi connectivity index (χ2v) is 11.8. The summed E-state index contributed by atoms with van der Waals surface area (Å²) in [6, 6.07) is 13.6. The van der Waals surface area contributed by atoms with Crippen LogP contribution in [0.2, 0.25) is 0 Å². The predicted octanol–water partition coefficient (Wildman–Crippen LogP) is 6.69. The lowest BCUT2D eigenvalue weighted by atomic mass is 9.72. The summed E-state index contributed by atoms with van der Waals surface area (Å²) < 4.78 is 6.42. The van der Waals surface area contributed by atoms with Crippen LogP contribution in [0.5, 0.6) is 5.75 Å². The van der Waals surface area contributed by atoms with Gasteiger partial charge in [-0.3, -0.25) is 9.89 Å². The van der Waals surface area contributed by atoms with Crippen molar-refractivity contribution in [2.75, 3.05) is 32.7 Å². The number of aliphatic imine (C=N–C) groups is 1. The first-order chi connectivity index (χ1) is 16.9. The van der Waals surface area contributed by atoms with Gasteiger partial charge >= 0.3 is 0 Å². The van der Waals surface area contributed by atoms with Gasteiger partial charge in [-0.25, -0.2) is 0 Å². The summed E-state index contributed by atoms with van der Waals surface area (Å²) in [4.78, 5) is 9.78. The number of ether oxygens (including phenoxy) is 1. The van der Waals surface area contributed by atoms with Crippen molar-refractivity contribution in [2.24, 2.45) is 16.3 Å². The van der Waals surface area contributed by atoms with Crippen LogP contribution in [0.1, 0.15) is 64.9 Å². The molecule has 2 fully saturated rings. The molecular formula is C31H43N3O. The molecule has 2 heterocycles. The van der Waals surface area contributed by atoms with Gasteiger partial charge in [-0.15, -0.1) is 0 Å². The molecule has 3 aliphatic rings. The maximum atomic E-state index is 6.42. The van der Waals surface area contributed by atoms with E-state index in [4.69, 9.17) is 9.73 Å². The number of hydrogen-bond acceptors (Lipinski definition) is 4. The Bertz CT molecular complexity index is 1060. The summed E-state index contributed by atoms with van der Waals surface area (Å²) in [5.74, 6) is 3.03. The fourth-order valence-corrected chi connectivity index (χ4v) is 6.00. The smallest absolute Gasteiger partial charge is 0.123 e. The Morgan fingerprint density at radius 1 is 0.914 bits per heavy atom. The van der Waals surface area contributed by atoms with Crippen LogP contribution >= 0.6 is 0 Å². The Morgan fingerprint density at radius 2 is 1.71 bits per heavy atom. The summed E-state index contributed by atoms with van der Waals surface area (Å²) in [7, 11) is 0. The monoisotopic (exact) mass is 473 g/mol. The van der Waals surface area contributed by atoms with Crippen LogP contribution in [0.15, 0.2) is 53.5 Å². The summed E-state index contributed by atoms with van der Waals surface area (Å²) in [5.41, 5.74) is 1.81. The molecule has 1 saturated heterocycles. The predicted molar refractivity (Wildman–Crippen MR) is 147 cm³/mol. The summed E-state index contributed by atoms with van der Waals surface area (Å²) in [6.07, 6.45) is 12.0. The maximum absolute atomic E-state index is 6.42. The molecule has 0 atom stereocenters. The van der Waals surface area contributed by atoms with E-state index < -0.39 is 0 Å². The highest BCUT2D eigenvalue weighted by Gasteiger charge is 2.30. The van der Waals surface area contributed by atoms with E-state index in [1.807, 2.05) is 0 Å². The molecule has 0 N–H and O–H groups in total. The molecule has 0 unspecified atom stereocenters. The summed E-state index contributed by atoms with van der Waals surface area (Å²) in [6.45, 7) is 13.5. The van der Waals surface area contributed by atoms with Gasteiger partial charge in [0.15, 0.2) is 0 Å². The zero-order valence-electron chi connectivity index (χ0n) is 22.0. The van der Waals surface area contributed by atoms with Crippen molar-refractivity contribution in [3.63, 3.8) is 0 Å². The number of hydrogen-bond donors (Lipinski definition) is 0. The van der Waals surface area contributed by atoms with E-state index in [1.165, 1.54) is 54.3 Å². The van der Waals surface area contributed by atoms with Gasteiger partial charge in [0, 0.05) is 39.3 Å². The van der Waals surface area contributed by atoms with E-state index in [9.17, 15) is 0 Å². The molecule has 0 radical (unpaired) electrons. The minimum Gasteiger partial charge on any atom is -0.490 e. The van der Waals surface area contributed by atoms with Gasteiger partial charge in [-0.2, -0.15) is 0 Å². The summed E-state index contributed by atoms with van der Waals surface area (Å²) >= 11 is 0. The molecule has 2 aliphatic heterocycles. The number of dihydropyridines is 1. The highest BCUT2D eigenvalue weighted by atomic mass is 16.5. The molecule has 2 aromatic rings. The molecule has 35 heavy (non-hydrogen) atoms. The van der Waals surface area contributed by atoms with Crippen LogP contribution in [0.4, 0.5) is 0 Å². The van der Waals surface area contributed by atoms with Gasteiger partial charge in [0.25, 0.3) is 0 Å². The zero-order valence-corrected chi connectivity index (χ0v) is 22.0. The SMILES string of the molecule is CC(C)(C)C1CCC(Oc2ccc3cc(CN4CCCN(C5=NCCC=C5)CC4)ccc3c2)CC1. The zero-order chi connectivity index (χ0) is 24.3. The molecule has 2 aromatic carbocycles. The average Bonchev–Trinajstić information content (AvgIpc) is 3.10. The van der Waals surface area contributed by atoms with E-state index in [2.05, 4.69) is 79.1 Å². The van der Waals surface area contributed by atoms with Crippen LogP contribution in [-0.4, -0.2) is 54.5 Å². The van der Waals surface area contributed by atoms with E-state index in [0.29, 0.717) is 11.5 Å². The van der Waals surface area contributed by atoms with Crippen molar-refractivity contribution in [1.29, 1.82) is 0 Å². The maximum Gasteiger partial charge on any atom is 0.123 e. The number of rotatable bonds is 4. The van der Waals surface area contributed by atoms with Gasteiger partial charge in [-0.05, 0) is 90.5 Å². The van der Waals surface area contributed by atoms with E-state index in [0.717, 1.165) is 57.4 Å². The van der Waals surface area contributed by atoms with Gasteiger partial charge in [0.05, 0.1) is 6.10 Å². The molecule has 1 saturated carbocycles. The van der Waals surface area contributed by atoms with Crippen molar-refractivity contribution in [2.45, 2.75) is 71.9 Å². The highest BCUT2D eigenvalue weighted by molar-refractivity contribution is 5.93. The third-order valence-electron chi connectivity index (χ3n) is 8.23. The topological polar surface area (TPSA) is 28.1 Å². The Hall–Kier alpha value is -2.33. The molecular weight excluding hydrogens is 430 g/mol. The molecule has 188 valence electrons. The average molecular weight is 474 g/mol. The quantitative estimate of drug-likeness (QED) is 0.495. The largest absolute Gasteiger partial charge is 0.490 e. The van der Waals surface area contributed by atoms with Crippen molar-refractivity contribution in [1.82, 2.24) is 9.80 Å². The first kappa shape index (κ1) is 24.4. The van der Waals surface area contributed by atoms with E-state index in [-0.39, 0.29) is 0 Å². The molecule has 0 amide bonds. The van der Waals surface area contributed by atoms with Crippen molar-refractivity contribution in [3.05, 3.63) is 54.1 Å². The van der Waals surface area contributed by atoms with Crippen LogP contribution in [-0.2, 0) is 6.54 Å². The number of fused-ring (bicyclic) bond motifs is 1. The Kier molecular flexibility index (Phi) is 7.48. The summed E-state index contributed by atoms with van der Waals surface area (Å²) in [5, 5.41) is 2.59. The van der Waals surface area contributed by atoms with Gasteiger partial charge in [0.1, 0.15) is 11.6 Å². The minimum atomic E-state index is 0.364. The normalized spacial score (nSPS) is 24.3. The van der Waals surface area contributed by atoms with Crippen molar-refractivity contribution >= 4 is 16.6 Å². The third-order valence-corrected chi connectivity index (χ3v) is 8.23. The van der Waals surface area contributed by atoms with Crippen molar-refractivity contribution in [3.8, 4) is 5.75 Å². The molecule has 0 aromatic heterocycles. The van der Waals surface area contributed by atoms with Gasteiger partial charge < -0.3 is 9.64 Å². The van der Waals surface area contributed by atoms with Crippen LogP contribution in [0.3, 0.4) is 0 Å². The Morgan fingerprint density at radius 3 is 2.49 bits per heavy atom. The molecule has 1 aliphatic carbocycles. The van der Waals surface area contributed by atoms with Gasteiger partial charge in [-0.1, -0.05) is 45.0 Å². The molecule has 4 heteroatoms. The fraction of sp³-hybridized carbons (Fsp3) is 0.581. The lowest BCUT2D eigenvalue weighted by Crippen LogP contribution is -2.34. The van der Waals surface area contributed by atoms with E-state index >= 15 is 0 Å². The highest BCUT2D eigenvalue weighted by Crippen LogP contribution is 2.39. The second kappa shape index (κ2) is 10.7. The number of benzene rings is 2. The standard InChI is InChI=1S/C31H43N3O/c1-31(2,3)27-11-14-28(15-12-27)35-29-13-10-25-21-24(8-9-26(25)22-29)23-33-17-6-18-34(20-19-33)30-7-4-5-16-32-30/h4,7-10,13,21-22,27-28H,5-6,11-12,14-20,23H2,1-3H3. The molecule has 0 spiro atoms. The van der Waals surface area contributed by atoms with Crippen molar-refractivity contribution < 1.29 is 4.74 Å². The Labute approximate surface area is 212 Å². The lowest BCUT2D eigenvalue weighted by Gasteiger charge is -2.37. The number of amidine groups is 1. The molecule has 0 bridgehead atoms. The molecule has 5 rings (SSSR count). The fourth-order valence-electron chi connectivity index (χ4n) is 6.00. The lowest BCUT2D eigenvalue weighted by molar-refractivity contribution is 0.0883. The first-order valence-corrected chi connectivity index (χ1v) is 13.8. The molecule has 4 nitrogen and oxygen atoms in total. The van der Waals surface area contributed by atoms with Crippen LogP contribution in [0, 0.1) is 11.3 Å². The van der Waals surface area contributed by atoms with Gasteiger partial charge in [0.2, 0.25) is 0 Å². The third kappa shape index (κ3) is 6.27. The minimum absolute atomic E-state index is 0.364. The van der Waals surface area contributed by atoms with Crippen LogP contribution < -0.4 is 4.74 Å².